The Bertz CT molecular complexity index is 4550. The molecule has 0 amide bonds. The first-order valence-corrected chi connectivity index (χ1v) is 36.6. The molecule has 0 aliphatic rings. The molecule has 17 nitrogen and oxygen atoms in total. The van der Waals surface area contributed by atoms with Gasteiger partial charge in [0.2, 0.25) is 0 Å². The molecule has 0 bridgehead atoms. The Hall–Kier alpha value is -9.83. The van der Waals surface area contributed by atoms with Crippen LogP contribution in [0.2, 0.25) is 0 Å². The molecule has 0 radical (unpaired) electrons. The predicted molar refractivity (Wildman–Crippen MR) is 430 cm³/mol. The minimum Gasteiger partial charge on any atom is -0.481 e. The maximum atomic E-state index is 12.4. The molecule has 10 rings (SSSR count). The Kier molecular flexibility index (Phi) is 33.3. The number of hydrogen-bond acceptors (Lipinski definition) is 16. The fraction of sp³-hybridized carbons (Fsp3) is 0.299. The second-order valence-electron chi connectivity index (χ2n) is 28.4. The SMILES string of the molecule is CC(C)(C)OC(=O)C[C@@H](CC(=O)O)c1ccc(Br)cc1.COC(=O)C[C@H](CC(=O)OC(C)(C)C)c1ccc(-c2cccc3ccccc23)cc1.COC(=O)C[C@H](CC(=O)OC(C)(C)C)c1ccc(Br)cc1.COC(=O)C[C@H](N)c1ccc(-c2cccc3ccccc23)cc1.OB(O)c1cccc2ccccc12. The molecule has 4 atom stereocenters. The van der Waals surface area contributed by atoms with E-state index in [4.69, 9.17) is 44.6 Å². The van der Waals surface area contributed by atoms with E-state index >= 15 is 0 Å². The van der Waals surface area contributed by atoms with Crippen LogP contribution in [0.5, 0.6) is 0 Å². The maximum absolute atomic E-state index is 12.4. The van der Waals surface area contributed by atoms with Crippen molar-refractivity contribution in [3.8, 4) is 22.3 Å². The van der Waals surface area contributed by atoms with Gasteiger partial charge in [-0.25, -0.2) is 0 Å². The standard InChI is InChI=1S/C26H28O4.C20H19NO2.C16H21BrO4.C15H19BrO4.C10H9BO2/c1-26(2,3)30-25(28)17-21(16-24(27)29-4)18-12-14-20(15-13-18)23-11-7-9-19-8-5-6-10-22(19)23;1-23-20(22)13-19(21)16-11-9-15(10-12-16)18-8-4-6-14-5-2-3-7-17(14)18;1-16(2,3)21-15(19)10-12(9-14(18)20-4)11-5-7-13(17)8-6-11;1-15(2,3)20-14(19)9-11(8-13(17)18)10-4-6-12(16)7-5-10;12-11(13)10-7-3-5-8-4-1-2-6-9(8)10/h5-15,21H,16-17H2,1-4H3;2-12,19H,13,21H2,1H3;5-8,12H,9-10H2,1-4H3;4-7,11H,8-9H2,1-3H3,(H,17,18);1-7,12-13H/t21-;19-;12-;11-;/m1011./s1. The van der Waals surface area contributed by atoms with Gasteiger partial charge in [-0.15, -0.1) is 0 Å². The van der Waals surface area contributed by atoms with Crippen LogP contribution >= 0.6 is 31.9 Å². The first-order chi connectivity index (χ1) is 50.6. The Morgan fingerprint density at radius 1 is 0.355 bits per heavy atom. The lowest BCUT2D eigenvalue weighted by molar-refractivity contribution is -0.157. The van der Waals surface area contributed by atoms with Gasteiger partial charge >= 0.3 is 48.9 Å². The van der Waals surface area contributed by atoms with Gasteiger partial charge in [-0.3, -0.25) is 33.6 Å². The van der Waals surface area contributed by atoms with Crippen molar-refractivity contribution in [3.05, 3.63) is 256 Å². The Balaban J connectivity index is 0.000000214. The molecule has 20 heteroatoms. The van der Waals surface area contributed by atoms with Gasteiger partial charge in [0.25, 0.3) is 0 Å². The van der Waals surface area contributed by atoms with Crippen LogP contribution in [0.1, 0.15) is 153 Å². The average Bonchev–Trinajstić information content (AvgIpc) is 0.768. The lowest BCUT2D eigenvalue weighted by Crippen LogP contribution is -2.30. The second-order valence-corrected chi connectivity index (χ2v) is 30.2. The average molecular weight is 1580 g/mol. The quantitative estimate of drug-likeness (QED) is 0.0296. The Labute approximate surface area is 644 Å². The fourth-order valence-electron chi connectivity index (χ4n) is 11.6. The molecule has 0 saturated heterocycles. The molecule has 5 N–H and O–H groups in total. The van der Waals surface area contributed by atoms with Crippen molar-refractivity contribution in [2.45, 2.75) is 148 Å². The van der Waals surface area contributed by atoms with Crippen LogP contribution in [0.3, 0.4) is 0 Å². The summed E-state index contributed by atoms with van der Waals surface area (Å²) in [6.07, 6.45) is 0.699. The molecule has 0 heterocycles. The molecule has 0 aliphatic heterocycles. The highest BCUT2D eigenvalue weighted by atomic mass is 79.9. The summed E-state index contributed by atoms with van der Waals surface area (Å²) >= 11 is 6.69. The van der Waals surface area contributed by atoms with Gasteiger partial charge < -0.3 is 49.3 Å². The number of hydrogen-bond donors (Lipinski definition) is 4. The largest absolute Gasteiger partial charge is 0.489 e. The van der Waals surface area contributed by atoms with Crippen LogP contribution in [0.15, 0.2) is 233 Å². The monoisotopic (exact) mass is 1580 g/mol. The van der Waals surface area contributed by atoms with Gasteiger partial charge in [0.15, 0.2) is 0 Å². The van der Waals surface area contributed by atoms with Crippen LogP contribution in [0.25, 0.3) is 54.6 Å². The summed E-state index contributed by atoms with van der Waals surface area (Å²) in [5.41, 5.74) is 13.1. The van der Waals surface area contributed by atoms with Crippen molar-refractivity contribution in [1.82, 2.24) is 0 Å². The fourth-order valence-corrected chi connectivity index (χ4v) is 12.1. The third-order valence-electron chi connectivity index (χ3n) is 16.5. The Morgan fingerprint density at radius 2 is 0.636 bits per heavy atom. The van der Waals surface area contributed by atoms with E-state index in [1.54, 1.807) is 26.8 Å². The van der Waals surface area contributed by atoms with Gasteiger partial charge in [-0.2, -0.15) is 0 Å². The van der Waals surface area contributed by atoms with E-state index in [1.807, 2.05) is 205 Å². The zero-order chi connectivity index (χ0) is 78.6. The molecule has 0 fully saturated rings. The highest BCUT2D eigenvalue weighted by Gasteiger charge is 2.28. The van der Waals surface area contributed by atoms with E-state index in [9.17, 15) is 33.6 Å². The molecule has 0 aromatic heterocycles. The third-order valence-corrected chi connectivity index (χ3v) is 17.6. The minimum atomic E-state index is -1.40. The number of methoxy groups -OCH3 is 3. The summed E-state index contributed by atoms with van der Waals surface area (Å²) in [7, 11) is 2.68. The van der Waals surface area contributed by atoms with Crippen molar-refractivity contribution in [2.24, 2.45) is 5.73 Å². The summed E-state index contributed by atoms with van der Waals surface area (Å²) in [5, 5.41) is 33.9. The summed E-state index contributed by atoms with van der Waals surface area (Å²) in [5.74, 6) is -3.87. The van der Waals surface area contributed by atoms with E-state index in [-0.39, 0.29) is 105 Å². The van der Waals surface area contributed by atoms with E-state index in [0.29, 0.717) is 5.46 Å². The van der Waals surface area contributed by atoms with Gasteiger partial charge in [0.05, 0.1) is 66.3 Å². The van der Waals surface area contributed by atoms with E-state index in [1.165, 1.54) is 48.4 Å². The number of nitrogens with two attached hydrogens (primary N) is 1. The second kappa shape index (κ2) is 41.3. The highest BCUT2D eigenvalue weighted by molar-refractivity contribution is 9.10. The molecule has 107 heavy (non-hydrogen) atoms. The number of rotatable bonds is 21. The van der Waals surface area contributed by atoms with E-state index in [2.05, 4.69) is 91.2 Å². The Morgan fingerprint density at radius 3 is 0.972 bits per heavy atom. The zero-order valence-corrected chi connectivity index (χ0v) is 65.9. The maximum Gasteiger partial charge on any atom is 0.489 e. The molecular weight excluding hydrogens is 1490 g/mol. The number of carboxylic acid groups (broad SMARTS) is 1. The summed E-state index contributed by atoms with van der Waals surface area (Å²) in [6, 6.07) is 72.9. The lowest BCUT2D eigenvalue weighted by Gasteiger charge is -2.22. The molecule has 0 aliphatic carbocycles. The minimum absolute atomic E-state index is 0.0607. The third kappa shape index (κ3) is 29.5. The molecule has 0 spiro atoms. The van der Waals surface area contributed by atoms with Crippen molar-refractivity contribution < 1.29 is 77.1 Å². The first kappa shape index (κ1) is 86.1. The van der Waals surface area contributed by atoms with Crippen molar-refractivity contribution in [3.63, 3.8) is 0 Å². The number of ether oxygens (including phenoxy) is 6. The van der Waals surface area contributed by atoms with Crippen LogP contribution in [0, 0.1) is 0 Å². The number of fused-ring (bicyclic) bond motifs is 3. The van der Waals surface area contributed by atoms with Gasteiger partial charge in [-0.05, 0) is 169 Å². The van der Waals surface area contributed by atoms with Crippen LogP contribution in [-0.2, 0) is 62.0 Å². The van der Waals surface area contributed by atoms with Crippen molar-refractivity contribution in [2.75, 3.05) is 21.3 Å². The molecule has 0 unspecified atom stereocenters. The van der Waals surface area contributed by atoms with Crippen LogP contribution in [-0.4, -0.2) is 102 Å². The predicted octanol–water partition coefficient (Wildman–Crippen LogP) is 18.0. The molecule has 10 aromatic carbocycles. The summed E-state index contributed by atoms with van der Waals surface area (Å²) in [6.45, 7) is 16.3. The van der Waals surface area contributed by atoms with Crippen LogP contribution in [0.4, 0.5) is 0 Å². The number of carbonyl (C=O) groups is 7. The number of benzene rings is 10. The first-order valence-electron chi connectivity index (χ1n) is 35.0. The topological polar surface area (TPSA) is 262 Å². The van der Waals surface area contributed by atoms with Crippen LogP contribution < -0.4 is 11.2 Å². The number of aliphatic carboxylic acids is 1. The normalized spacial score (nSPS) is 12.2. The van der Waals surface area contributed by atoms with E-state index < -0.39 is 29.9 Å². The van der Waals surface area contributed by atoms with Gasteiger partial charge in [0, 0.05) is 32.7 Å². The zero-order valence-electron chi connectivity index (χ0n) is 62.7. The van der Waals surface area contributed by atoms with Gasteiger partial charge in [0.1, 0.15) is 16.8 Å². The highest BCUT2D eigenvalue weighted by Crippen LogP contribution is 2.35. The molecule has 562 valence electrons. The van der Waals surface area contributed by atoms with Gasteiger partial charge in [-0.1, -0.05) is 232 Å². The smallest absolute Gasteiger partial charge is 0.481 e. The van der Waals surface area contributed by atoms with E-state index in [0.717, 1.165) is 58.7 Å². The molecule has 0 saturated carbocycles. The van der Waals surface area contributed by atoms with Crippen molar-refractivity contribution >= 4 is 119 Å². The molecular formula is C87H96BBr2NO16. The number of carbonyl (C=O) groups excluding carboxylic acids is 6. The lowest BCUT2D eigenvalue weighted by atomic mass is 9.77. The number of carboxylic acids is 1. The van der Waals surface area contributed by atoms with Crippen molar-refractivity contribution in [1.29, 1.82) is 0 Å². The number of halogens is 2. The molecule has 10 aromatic rings. The summed E-state index contributed by atoms with van der Waals surface area (Å²) in [4.78, 5) is 82.0. The number of esters is 6. The summed E-state index contributed by atoms with van der Waals surface area (Å²) < 4.78 is 32.1.